The van der Waals surface area contributed by atoms with Crippen LogP contribution in [0.25, 0.3) is 16.7 Å². The van der Waals surface area contributed by atoms with Gasteiger partial charge in [-0.25, -0.2) is 0 Å². The summed E-state index contributed by atoms with van der Waals surface area (Å²) in [5.41, 5.74) is 2.81. The van der Waals surface area contributed by atoms with E-state index >= 15 is 0 Å². The van der Waals surface area contributed by atoms with Gasteiger partial charge in [-0.15, -0.1) is 10.2 Å². The molecular weight excluding hydrogens is 418 g/mol. The molecule has 1 amide bonds. The molecule has 33 heavy (non-hydrogen) atoms. The standard InChI is InChI=1S/C25H29N5O3/c1-3-33-16-6-15-26-23(31)14-13-22-27-28-25-29(17-19-11-9-18(2)10-12-19)24(32)20-7-4-5-8-21(20)30(22)25/h4-5,7-12H,3,6,13-17H2,1-2H3,(H,26,31). The van der Waals surface area contributed by atoms with E-state index in [4.69, 9.17) is 4.74 Å². The monoisotopic (exact) mass is 447 g/mol. The zero-order chi connectivity index (χ0) is 23.2. The summed E-state index contributed by atoms with van der Waals surface area (Å²) < 4.78 is 8.84. The highest BCUT2D eigenvalue weighted by molar-refractivity contribution is 5.80. The predicted molar refractivity (Wildman–Crippen MR) is 127 cm³/mol. The summed E-state index contributed by atoms with van der Waals surface area (Å²) in [6.45, 7) is 6.27. The first kappa shape index (κ1) is 22.7. The normalized spacial score (nSPS) is 11.3. The largest absolute Gasteiger partial charge is 0.382 e. The number of benzene rings is 2. The molecule has 0 fully saturated rings. The lowest BCUT2D eigenvalue weighted by molar-refractivity contribution is -0.121. The third-order valence-corrected chi connectivity index (χ3v) is 5.60. The molecule has 1 N–H and O–H groups in total. The summed E-state index contributed by atoms with van der Waals surface area (Å²) in [5.74, 6) is 1.09. The summed E-state index contributed by atoms with van der Waals surface area (Å²) in [5, 5.41) is 12.2. The van der Waals surface area contributed by atoms with Crippen molar-refractivity contribution in [3.05, 3.63) is 75.8 Å². The lowest BCUT2D eigenvalue weighted by atomic mass is 10.1. The van der Waals surface area contributed by atoms with Gasteiger partial charge in [0.1, 0.15) is 5.82 Å². The van der Waals surface area contributed by atoms with E-state index in [1.165, 1.54) is 0 Å². The zero-order valence-electron chi connectivity index (χ0n) is 19.1. The van der Waals surface area contributed by atoms with Crippen LogP contribution in [0.15, 0.2) is 53.3 Å². The van der Waals surface area contributed by atoms with Crippen LogP contribution in [0, 0.1) is 6.92 Å². The maximum atomic E-state index is 13.3. The van der Waals surface area contributed by atoms with Crippen LogP contribution in [0.2, 0.25) is 0 Å². The number of para-hydroxylation sites is 1. The molecule has 0 radical (unpaired) electrons. The summed E-state index contributed by atoms with van der Waals surface area (Å²) >= 11 is 0. The first-order valence-corrected chi connectivity index (χ1v) is 11.3. The van der Waals surface area contributed by atoms with E-state index in [1.807, 2.05) is 66.8 Å². The van der Waals surface area contributed by atoms with Crippen LogP contribution in [0.3, 0.4) is 0 Å². The number of amides is 1. The molecule has 0 unspecified atom stereocenters. The minimum Gasteiger partial charge on any atom is -0.382 e. The van der Waals surface area contributed by atoms with Gasteiger partial charge in [0.2, 0.25) is 11.7 Å². The van der Waals surface area contributed by atoms with Crippen LogP contribution in [0.5, 0.6) is 0 Å². The molecule has 2 aromatic heterocycles. The number of fused-ring (bicyclic) bond motifs is 3. The number of rotatable bonds is 10. The lowest BCUT2D eigenvalue weighted by Gasteiger charge is -2.12. The van der Waals surface area contributed by atoms with Crippen molar-refractivity contribution in [1.82, 2.24) is 24.5 Å². The predicted octanol–water partition coefficient (Wildman–Crippen LogP) is 2.88. The Labute approximate surface area is 192 Å². The fourth-order valence-corrected chi connectivity index (χ4v) is 3.85. The number of hydrogen-bond acceptors (Lipinski definition) is 5. The van der Waals surface area contributed by atoms with Crippen LogP contribution in [-0.4, -0.2) is 44.8 Å². The Kier molecular flexibility index (Phi) is 7.14. The van der Waals surface area contributed by atoms with Crippen molar-refractivity contribution in [3.63, 3.8) is 0 Å². The maximum absolute atomic E-state index is 13.3. The van der Waals surface area contributed by atoms with Crippen molar-refractivity contribution >= 4 is 22.6 Å². The van der Waals surface area contributed by atoms with E-state index in [2.05, 4.69) is 15.5 Å². The third kappa shape index (κ3) is 5.12. The summed E-state index contributed by atoms with van der Waals surface area (Å²) in [7, 11) is 0. The number of aromatic nitrogens is 4. The van der Waals surface area contributed by atoms with Gasteiger partial charge in [-0.3, -0.25) is 18.6 Å². The van der Waals surface area contributed by atoms with Gasteiger partial charge in [-0.05, 0) is 38.0 Å². The van der Waals surface area contributed by atoms with Crippen LogP contribution >= 0.6 is 0 Å². The number of aryl methyl sites for hydroxylation is 2. The van der Waals surface area contributed by atoms with Crippen LogP contribution in [0.1, 0.15) is 36.7 Å². The van der Waals surface area contributed by atoms with Gasteiger partial charge in [0.05, 0.1) is 17.4 Å². The highest BCUT2D eigenvalue weighted by atomic mass is 16.5. The Bertz CT molecular complexity index is 1310. The smallest absolute Gasteiger partial charge is 0.263 e. The SMILES string of the molecule is CCOCCCNC(=O)CCc1nnc2n(Cc3ccc(C)cc3)c(=O)c3ccccc3n12. The molecule has 2 heterocycles. The number of hydrogen-bond donors (Lipinski definition) is 1. The van der Waals surface area contributed by atoms with E-state index in [9.17, 15) is 9.59 Å². The van der Waals surface area contributed by atoms with Crippen molar-refractivity contribution < 1.29 is 9.53 Å². The molecule has 0 bridgehead atoms. The molecule has 2 aromatic carbocycles. The zero-order valence-corrected chi connectivity index (χ0v) is 19.1. The van der Waals surface area contributed by atoms with Crippen molar-refractivity contribution in [1.29, 1.82) is 0 Å². The third-order valence-electron chi connectivity index (χ3n) is 5.60. The van der Waals surface area contributed by atoms with Crippen molar-refractivity contribution in [2.45, 2.75) is 39.7 Å². The fraction of sp³-hybridized carbons (Fsp3) is 0.360. The summed E-state index contributed by atoms with van der Waals surface area (Å²) in [6, 6.07) is 15.5. The molecular formula is C25H29N5O3. The minimum atomic E-state index is -0.107. The molecule has 4 aromatic rings. The lowest BCUT2D eigenvalue weighted by Crippen LogP contribution is -2.26. The first-order valence-electron chi connectivity index (χ1n) is 11.3. The molecule has 0 spiro atoms. The molecule has 0 aliphatic carbocycles. The van der Waals surface area contributed by atoms with E-state index in [1.54, 1.807) is 4.57 Å². The molecule has 0 saturated heterocycles. The minimum absolute atomic E-state index is 0.0412. The van der Waals surface area contributed by atoms with Gasteiger partial charge >= 0.3 is 0 Å². The first-order chi connectivity index (χ1) is 16.1. The number of carbonyl (C=O) groups excluding carboxylic acids is 1. The quantitative estimate of drug-likeness (QED) is 0.378. The van der Waals surface area contributed by atoms with Gasteiger partial charge in [-0.2, -0.15) is 0 Å². The Morgan fingerprint density at radius 1 is 1.09 bits per heavy atom. The van der Waals surface area contributed by atoms with E-state index in [0.29, 0.717) is 56.1 Å². The average molecular weight is 448 g/mol. The van der Waals surface area contributed by atoms with E-state index < -0.39 is 0 Å². The van der Waals surface area contributed by atoms with Crippen molar-refractivity contribution in [2.24, 2.45) is 0 Å². The van der Waals surface area contributed by atoms with Crippen LogP contribution in [0.4, 0.5) is 0 Å². The topological polar surface area (TPSA) is 90.5 Å². The average Bonchev–Trinajstić information content (AvgIpc) is 3.25. The molecule has 0 aliphatic heterocycles. The molecule has 0 atom stereocenters. The van der Waals surface area contributed by atoms with Crippen LogP contribution in [-0.2, 0) is 22.5 Å². The van der Waals surface area contributed by atoms with Gasteiger partial charge in [0.25, 0.3) is 5.56 Å². The Hall–Kier alpha value is -3.52. The second-order valence-electron chi connectivity index (χ2n) is 8.05. The van der Waals surface area contributed by atoms with E-state index in [-0.39, 0.29) is 11.5 Å². The molecule has 4 rings (SSSR count). The van der Waals surface area contributed by atoms with Crippen molar-refractivity contribution in [2.75, 3.05) is 19.8 Å². The highest BCUT2D eigenvalue weighted by Gasteiger charge is 2.17. The van der Waals surface area contributed by atoms with Gasteiger partial charge in [0, 0.05) is 32.6 Å². The Balaban J connectivity index is 1.61. The Morgan fingerprint density at radius 2 is 1.88 bits per heavy atom. The maximum Gasteiger partial charge on any atom is 0.263 e. The van der Waals surface area contributed by atoms with Crippen molar-refractivity contribution in [3.8, 4) is 0 Å². The second-order valence-corrected chi connectivity index (χ2v) is 8.05. The summed E-state index contributed by atoms with van der Waals surface area (Å²) in [6.07, 6.45) is 1.50. The molecule has 8 heteroatoms. The molecule has 8 nitrogen and oxygen atoms in total. The number of ether oxygens (including phenoxy) is 1. The number of nitrogens with one attached hydrogen (secondary N) is 1. The van der Waals surface area contributed by atoms with Gasteiger partial charge < -0.3 is 10.1 Å². The molecule has 0 aliphatic rings. The highest BCUT2D eigenvalue weighted by Crippen LogP contribution is 2.17. The van der Waals surface area contributed by atoms with Gasteiger partial charge in [-0.1, -0.05) is 42.0 Å². The second kappa shape index (κ2) is 10.4. The van der Waals surface area contributed by atoms with Crippen LogP contribution < -0.4 is 10.9 Å². The Morgan fingerprint density at radius 3 is 2.67 bits per heavy atom. The summed E-state index contributed by atoms with van der Waals surface area (Å²) in [4.78, 5) is 25.6. The number of carbonyl (C=O) groups is 1. The molecule has 0 saturated carbocycles. The molecule has 172 valence electrons. The number of nitrogens with zero attached hydrogens (tertiary/aromatic N) is 4. The van der Waals surface area contributed by atoms with Gasteiger partial charge in [0.15, 0.2) is 0 Å². The van der Waals surface area contributed by atoms with E-state index in [0.717, 1.165) is 23.1 Å². The fourth-order valence-electron chi connectivity index (χ4n) is 3.85.